The maximum atomic E-state index is 11.4. The van der Waals surface area contributed by atoms with Crippen LogP contribution in [0.1, 0.15) is 11.1 Å². The summed E-state index contributed by atoms with van der Waals surface area (Å²) in [5.74, 6) is 0. The standard InChI is InChI=1S/C10H11BrN2O/c1-12-10(14)13-5-7-2-3-9(11)4-8(7)6-13/h2-4H,5-6H2,1H3,(H,12,14). The number of halogens is 1. The Morgan fingerprint density at radius 3 is 2.86 bits per heavy atom. The van der Waals surface area contributed by atoms with Gasteiger partial charge in [0.1, 0.15) is 0 Å². The van der Waals surface area contributed by atoms with Gasteiger partial charge in [-0.05, 0) is 23.3 Å². The number of rotatable bonds is 0. The molecule has 0 atom stereocenters. The van der Waals surface area contributed by atoms with Crippen LogP contribution in [-0.4, -0.2) is 18.0 Å². The summed E-state index contributed by atoms with van der Waals surface area (Å²) in [6.45, 7) is 1.41. The Hall–Kier alpha value is -1.03. The SMILES string of the molecule is CNC(=O)N1Cc2ccc(Br)cc2C1. The van der Waals surface area contributed by atoms with Crippen molar-refractivity contribution in [1.29, 1.82) is 0 Å². The number of benzene rings is 1. The smallest absolute Gasteiger partial charge is 0.317 e. The molecule has 0 fully saturated rings. The number of nitrogens with one attached hydrogen (secondary N) is 1. The lowest BCUT2D eigenvalue weighted by Gasteiger charge is -2.13. The number of hydrogen-bond donors (Lipinski definition) is 1. The Balaban J connectivity index is 2.22. The van der Waals surface area contributed by atoms with Crippen molar-refractivity contribution in [3.05, 3.63) is 33.8 Å². The molecule has 1 aliphatic heterocycles. The van der Waals surface area contributed by atoms with Crippen LogP contribution in [-0.2, 0) is 13.1 Å². The fourth-order valence-electron chi connectivity index (χ4n) is 1.66. The normalized spacial score (nSPS) is 14.0. The molecule has 2 rings (SSSR count). The third-order valence-electron chi connectivity index (χ3n) is 2.39. The maximum Gasteiger partial charge on any atom is 0.317 e. The molecule has 2 amide bonds. The predicted molar refractivity (Wildman–Crippen MR) is 57.8 cm³/mol. The monoisotopic (exact) mass is 254 g/mol. The minimum Gasteiger partial charge on any atom is -0.341 e. The molecule has 0 spiro atoms. The lowest BCUT2D eigenvalue weighted by Crippen LogP contribution is -2.33. The molecule has 1 aromatic rings. The number of urea groups is 1. The first kappa shape index (κ1) is 9.52. The first-order valence-corrected chi connectivity index (χ1v) is 5.24. The molecule has 1 heterocycles. The van der Waals surface area contributed by atoms with Gasteiger partial charge in [-0.25, -0.2) is 4.79 Å². The highest BCUT2D eigenvalue weighted by Gasteiger charge is 2.22. The molecule has 4 heteroatoms. The van der Waals surface area contributed by atoms with E-state index in [0.29, 0.717) is 13.1 Å². The number of amides is 2. The predicted octanol–water partition coefficient (Wildman–Crippen LogP) is 2.10. The van der Waals surface area contributed by atoms with Gasteiger partial charge in [0.2, 0.25) is 0 Å². The van der Waals surface area contributed by atoms with Crippen molar-refractivity contribution in [3.8, 4) is 0 Å². The first-order valence-electron chi connectivity index (χ1n) is 4.44. The number of carbonyl (C=O) groups excluding carboxylic acids is 1. The van der Waals surface area contributed by atoms with Crippen molar-refractivity contribution in [2.75, 3.05) is 7.05 Å². The molecule has 0 saturated heterocycles. The van der Waals surface area contributed by atoms with Crippen LogP contribution < -0.4 is 5.32 Å². The molecule has 74 valence electrons. The number of carbonyl (C=O) groups is 1. The Labute approximate surface area is 91.2 Å². The summed E-state index contributed by atoms with van der Waals surface area (Å²) in [7, 11) is 1.65. The average Bonchev–Trinajstić information content (AvgIpc) is 2.59. The second-order valence-electron chi connectivity index (χ2n) is 3.32. The van der Waals surface area contributed by atoms with E-state index in [1.807, 2.05) is 6.07 Å². The topological polar surface area (TPSA) is 32.3 Å². The summed E-state index contributed by atoms with van der Waals surface area (Å²) in [6, 6.07) is 6.12. The fourth-order valence-corrected chi connectivity index (χ4v) is 2.07. The Bertz CT molecular complexity index is 378. The van der Waals surface area contributed by atoms with Crippen molar-refractivity contribution in [3.63, 3.8) is 0 Å². The first-order chi connectivity index (χ1) is 6.70. The molecule has 0 aliphatic carbocycles. The zero-order chi connectivity index (χ0) is 10.1. The summed E-state index contributed by atoms with van der Waals surface area (Å²) in [5.41, 5.74) is 2.46. The maximum absolute atomic E-state index is 11.4. The summed E-state index contributed by atoms with van der Waals surface area (Å²) in [4.78, 5) is 13.2. The molecule has 1 aliphatic rings. The van der Waals surface area contributed by atoms with Crippen LogP contribution >= 0.6 is 15.9 Å². The van der Waals surface area contributed by atoms with Crippen LogP contribution in [0.2, 0.25) is 0 Å². The highest BCUT2D eigenvalue weighted by atomic mass is 79.9. The van der Waals surface area contributed by atoms with Crippen LogP contribution in [0.3, 0.4) is 0 Å². The largest absolute Gasteiger partial charge is 0.341 e. The van der Waals surface area contributed by atoms with E-state index < -0.39 is 0 Å². The van der Waals surface area contributed by atoms with Crippen LogP contribution in [0.5, 0.6) is 0 Å². The molecule has 14 heavy (non-hydrogen) atoms. The Morgan fingerprint density at radius 1 is 1.43 bits per heavy atom. The van der Waals surface area contributed by atoms with Crippen molar-refractivity contribution in [1.82, 2.24) is 10.2 Å². The second-order valence-corrected chi connectivity index (χ2v) is 4.24. The quantitative estimate of drug-likeness (QED) is 0.756. The van der Waals surface area contributed by atoms with Gasteiger partial charge in [0, 0.05) is 24.6 Å². The minimum atomic E-state index is -0.0164. The Morgan fingerprint density at radius 2 is 2.14 bits per heavy atom. The van der Waals surface area contributed by atoms with Gasteiger partial charge in [0.15, 0.2) is 0 Å². The van der Waals surface area contributed by atoms with Crippen molar-refractivity contribution >= 4 is 22.0 Å². The van der Waals surface area contributed by atoms with Crippen molar-refractivity contribution in [2.45, 2.75) is 13.1 Å². The van der Waals surface area contributed by atoms with E-state index in [1.165, 1.54) is 11.1 Å². The van der Waals surface area contributed by atoms with Crippen LogP contribution in [0, 0.1) is 0 Å². The molecule has 0 unspecified atom stereocenters. The van der Waals surface area contributed by atoms with Crippen molar-refractivity contribution in [2.24, 2.45) is 0 Å². The van der Waals surface area contributed by atoms with E-state index in [2.05, 4.69) is 33.4 Å². The molecule has 0 radical (unpaired) electrons. The van der Waals surface area contributed by atoms with Crippen LogP contribution in [0.25, 0.3) is 0 Å². The summed E-state index contributed by atoms with van der Waals surface area (Å²) in [6.07, 6.45) is 0. The molecular weight excluding hydrogens is 244 g/mol. The molecule has 0 bridgehead atoms. The van der Waals surface area contributed by atoms with E-state index in [9.17, 15) is 4.79 Å². The number of hydrogen-bond acceptors (Lipinski definition) is 1. The van der Waals surface area contributed by atoms with Gasteiger partial charge < -0.3 is 10.2 Å². The van der Waals surface area contributed by atoms with Gasteiger partial charge in [-0.1, -0.05) is 22.0 Å². The van der Waals surface area contributed by atoms with Crippen LogP contribution in [0.4, 0.5) is 4.79 Å². The summed E-state index contributed by atoms with van der Waals surface area (Å²) >= 11 is 3.42. The number of fused-ring (bicyclic) bond motifs is 1. The highest BCUT2D eigenvalue weighted by Crippen LogP contribution is 2.25. The van der Waals surface area contributed by atoms with Gasteiger partial charge in [-0.3, -0.25) is 0 Å². The molecule has 3 nitrogen and oxygen atoms in total. The van der Waals surface area contributed by atoms with Gasteiger partial charge in [0.05, 0.1) is 0 Å². The molecule has 1 aromatic carbocycles. The van der Waals surface area contributed by atoms with Gasteiger partial charge in [-0.2, -0.15) is 0 Å². The fraction of sp³-hybridized carbons (Fsp3) is 0.300. The van der Waals surface area contributed by atoms with Gasteiger partial charge in [-0.15, -0.1) is 0 Å². The Kier molecular flexibility index (Phi) is 2.46. The summed E-state index contributed by atoms with van der Waals surface area (Å²) < 4.78 is 1.06. The third kappa shape index (κ3) is 1.62. The van der Waals surface area contributed by atoms with Crippen molar-refractivity contribution < 1.29 is 4.79 Å². The lowest BCUT2D eigenvalue weighted by atomic mass is 10.1. The zero-order valence-electron chi connectivity index (χ0n) is 7.88. The van der Waals surface area contributed by atoms with E-state index in [1.54, 1.807) is 11.9 Å². The second kappa shape index (κ2) is 3.61. The molecule has 0 aromatic heterocycles. The minimum absolute atomic E-state index is 0.0164. The van der Waals surface area contributed by atoms with E-state index in [-0.39, 0.29) is 6.03 Å². The molecular formula is C10H11BrN2O. The number of nitrogens with zero attached hydrogens (tertiary/aromatic N) is 1. The highest BCUT2D eigenvalue weighted by molar-refractivity contribution is 9.10. The van der Waals surface area contributed by atoms with Gasteiger partial charge >= 0.3 is 6.03 Å². The van der Waals surface area contributed by atoms with Crippen LogP contribution in [0.15, 0.2) is 22.7 Å². The van der Waals surface area contributed by atoms with E-state index >= 15 is 0 Å². The zero-order valence-corrected chi connectivity index (χ0v) is 9.47. The molecule has 0 saturated carbocycles. The third-order valence-corrected chi connectivity index (χ3v) is 2.89. The average molecular weight is 255 g/mol. The lowest BCUT2D eigenvalue weighted by molar-refractivity contribution is 0.201. The van der Waals surface area contributed by atoms with E-state index in [0.717, 1.165) is 4.47 Å². The van der Waals surface area contributed by atoms with E-state index in [4.69, 9.17) is 0 Å². The van der Waals surface area contributed by atoms with Gasteiger partial charge in [0.25, 0.3) is 0 Å². The summed E-state index contributed by atoms with van der Waals surface area (Å²) in [5, 5.41) is 2.63. The molecule has 1 N–H and O–H groups in total.